The van der Waals surface area contributed by atoms with Gasteiger partial charge in [-0.15, -0.1) is 5.10 Å². The van der Waals surface area contributed by atoms with Crippen LogP contribution in [0, 0.1) is 6.92 Å². The summed E-state index contributed by atoms with van der Waals surface area (Å²) in [4.78, 5) is 10.8. The lowest BCUT2D eigenvalue weighted by Gasteiger charge is -2.11. The molecule has 0 fully saturated rings. The van der Waals surface area contributed by atoms with Crippen LogP contribution < -0.4 is 0 Å². The Hall–Kier alpha value is -1.76. The lowest BCUT2D eigenvalue weighted by atomic mass is 10.1. The van der Waals surface area contributed by atoms with E-state index in [1.54, 1.807) is 6.92 Å². The van der Waals surface area contributed by atoms with Crippen molar-refractivity contribution in [2.45, 2.75) is 26.3 Å². The number of aromatic nitrogens is 4. The average Bonchev–Trinajstić information content (AvgIpc) is 2.81. The van der Waals surface area contributed by atoms with Crippen LogP contribution in [0.3, 0.4) is 0 Å². The summed E-state index contributed by atoms with van der Waals surface area (Å²) in [6.07, 6.45) is -0.0227. The molecule has 1 atom stereocenters. The molecule has 0 radical (unpaired) electrons. The number of rotatable bonds is 4. The molecule has 0 aliphatic heterocycles. The van der Waals surface area contributed by atoms with Gasteiger partial charge in [0.1, 0.15) is 0 Å². The number of tetrazole rings is 1. The molecule has 0 saturated heterocycles. The van der Waals surface area contributed by atoms with Gasteiger partial charge in [-0.1, -0.05) is 28.1 Å². The van der Waals surface area contributed by atoms with Gasteiger partial charge in [-0.05, 0) is 35.9 Å². The van der Waals surface area contributed by atoms with E-state index in [4.69, 9.17) is 5.11 Å². The molecule has 2 rings (SSSR count). The monoisotopic (exact) mass is 324 g/mol. The van der Waals surface area contributed by atoms with Crippen LogP contribution in [0.1, 0.15) is 24.9 Å². The van der Waals surface area contributed by atoms with Crippen molar-refractivity contribution < 1.29 is 9.90 Å². The Morgan fingerprint density at radius 1 is 1.53 bits per heavy atom. The smallest absolute Gasteiger partial charge is 0.305 e. The van der Waals surface area contributed by atoms with Crippen molar-refractivity contribution in [1.82, 2.24) is 20.2 Å². The van der Waals surface area contributed by atoms with E-state index in [0.717, 1.165) is 15.6 Å². The average molecular weight is 325 g/mol. The summed E-state index contributed by atoms with van der Waals surface area (Å²) in [7, 11) is 0. The van der Waals surface area contributed by atoms with Crippen LogP contribution in [0.2, 0.25) is 0 Å². The Morgan fingerprint density at radius 2 is 2.26 bits per heavy atom. The van der Waals surface area contributed by atoms with Crippen LogP contribution in [0.4, 0.5) is 0 Å². The van der Waals surface area contributed by atoms with Gasteiger partial charge in [-0.25, -0.2) is 4.68 Å². The number of carbonyl (C=O) groups is 1. The number of nitrogens with zero attached hydrogens (tertiary/aromatic N) is 4. The highest BCUT2D eigenvalue weighted by molar-refractivity contribution is 9.10. The number of aliphatic carboxylic acids is 1. The highest BCUT2D eigenvalue weighted by atomic mass is 79.9. The Bertz CT molecular complexity index is 612. The Labute approximate surface area is 118 Å². The van der Waals surface area contributed by atoms with Gasteiger partial charge in [0.15, 0.2) is 5.82 Å². The lowest BCUT2D eigenvalue weighted by Crippen LogP contribution is -2.13. The van der Waals surface area contributed by atoms with E-state index in [2.05, 4.69) is 31.5 Å². The van der Waals surface area contributed by atoms with Crippen LogP contribution in [0.25, 0.3) is 11.4 Å². The highest BCUT2D eigenvalue weighted by Gasteiger charge is 2.17. The van der Waals surface area contributed by atoms with Crippen LogP contribution in [-0.2, 0) is 4.79 Å². The minimum Gasteiger partial charge on any atom is -0.481 e. The van der Waals surface area contributed by atoms with E-state index in [1.165, 1.54) is 4.68 Å². The Balaban J connectivity index is 2.38. The summed E-state index contributed by atoms with van der Waals surface area (Å²) < 4.78 is 2.50. The van der Waals surface area contributed by atoms with Crippen LogP contribution in [0.15, 0.2) is 22.7 Å². The van der Waals surface area contributed by atoms with Crippen LogP contribution in [-0.4, -0.2) is 31.3 Å². The van der Waals surface area contributed by atoms with E-state index < -0.39 is 5.97 Å². The first-order valence-electron chi connectivity index (χ1n) is 5.75. The van der Waals surface area contributed by atoms with Gasteiger partial charge >= 0.3 is 5.97 Å². The Kier molecular flexibility index (Phi) is 3.94. The molecular formula is C12H13BrN4O2. The van der Waals surface area contributed by atoms with Gasteiger partial charge in [-0.3, -0.25) is 4.79 Å². The van der Waals surface area contributed by atoms with Crippen molar-refractivity contribution in [2.24, 2.45) is 0 Å². The number of carboxylic acids is 1. The summed E-state index contributed by atoms with van der Waals surface area (Å²) in [6, 6.07) is 5.49. The van der Waals surface area contributed by atoms with E-state index in [0.29, 0.717) is 5.82 Å². The van der Waals surface area contributed by atoms with Crippen molar-refractivity contribution in [2.75, 3.05) is 0 Å². The third kappa shape index (κ3) is 2.98. The lowest BCUT2D eigenvalue weighted by molar-refractivity contribution is -0.137. The first-order valence-corrected chi connectivity index (χ1v) is 6.54. The second-order valence-electron chi connectivity index (χ2n) is 4.36. The molecule has 0 saturated carbocycles. The van der Waals surface area contributed by atoms with Gasteiger partial charge in [0.25, 0.3) is 0 Å². The van der Waals surface area contributed by atoms with E-state index in [-0.39, 0.29) is 12.5 Å². The molecule has 0 bridgehead atoms. The summed E-state index contributed by atoms with van der Waals surface area (Å²) in [5, 5.41) is 20.3. The molecule has 1 aromatic heterocycles. The van der Waals surface area contributed by atoms with E-state index in [9.17, 15) is 4.79 Å². The molecular weight excluding hydrogens is 312 g/mol. The maximum atomic E-state index is 10.8. The van der Waals surface area contributed by atoms with Crippen LogP contribution in [0.5, 0.6) is 0 Å². The van der Waals surface area contributed by atoms with E-state index in [1.807, 2.05) is 25.1 Å². The normalized spacial score (nSPS) is 12.4. The van der Waals surface area contributed by atoms with Crippen molar-refractivity contribution in [3.8, 4) is 11.4 Å². The number of carboxylic acid groups (broad SMARTS) is 1. The summed E-state index contributed by atoms with van der Waals surface area (Å²) in [5.74, 6) is -0.312. The van der Waals surface area contributed by atoms with Gasteiger partial charge < -0.3 is 5.11 Å². The topological polar surface area (TPSA) is 80.9 Å². The second kappa shape index (κ2) is 5.48. The molecule has 7 heteroatoms. The molecule has 0 amide bonds. The van der Waals surface area contributed by atoms with Gasteiger partial charge in [0, 0.05) is 10.0 Å². The van der Waals surface area contributed by atoms with E-state index >= 15 is 0 Å². The number of benzene rings is 1. The maximum absolute atomic E-state index is 10.8. The fourth-order valence-electron chi connectivity index (χ4n) is 1.75. The fourth-order valence-corrected chi connectivity index (χ4v) is 2.13. The molecule has 100 valence electrons. The molecule has 1 aromatic carbocycles. The fraction of sp³-hybridized carbons (Fsp3) is 0.333. The summed E-state index contributed by atoms with van der Waals surface area (Å²) in [5.41, 5.74) is 1.96. The van der Waals surface area contributed by atoms with Gasteiger partial charge in [0.05, 0.1) is 12.5 Å². The summed E-state index contributed by atoms with van der Waals surface area (Å²) in [6.45, 7) is 3.76. The standard InChI is InChI=1S/C12H13BrN4O2/c1-7-3-4-9(6-10(7)13)12-14-15-16-17(12)8(2)5-11(18)19/h3-4,6,8H,5H2,1-2H3,(H,18,19). The minimum absolute atomic E-state index is 0.0227. The highest BCUT2D eigenvalue weighted by Crippen LogP contribution is 2.25. The predicted molar refractivity (Wildman–Crippen MR) is 72.7 cm³/mol. The molecule has 19 heavy (non-hydrogen) atoms. The molecule has 0 aliphatic carbocycles. The third-order valence-electron chi connectivity index (χ3n) is 2.81. The zero-order valence-corrected chi connectivity index (χ0v) is 12.1. The zero-order chi connectivity index (χ0) is 14.0. The van der Waals surface area contributed by atoms with Crippen molar-refractivity contribution in [1.29, 1.82) is 0 Å². The number of hydrogen-bond donors (Lipinski definition) is 1. The largest absolute Gasteiger partial charge is 0.481 e. The first kappa shape index (κ1) is 13.7. The second-order valence-corrected chi connectivity index (χ2v) is 5.21. The molecule has 6 nitrogen and oxygen atoms in total. The number of hydrogen-bond acceptors (Lipinski definition) is 4. The predicted octanol–water partition coefficient (Wildman–Crippen LogP) is 2.45. The number of halogens is 1. The molecule has 0 aliphatic rings. The van der Waals surface area contributed by atoms with Crippen molar-refractivity contribution >= 4 is 21.9 Å². The Morgan fingerprint density at radius 3 is 2.89 bits per heavy atom. The van der Waals surface area contributed by atoms with Crippen molar-refractivity contribution in [3.05, 3.63) is 28.2 Å². The van der Waals surface area contributed by atoms with Gasteiger partial charge in [-0.2, -0.15) is 0 Å². The number of aryl methyl sites for hydroxylation is 1. The molecule has 1 heterocycles. The molecule has 0 spiro atoms. The minimum atomic E-state index is -0.876. The summed E-state index contributed by atoms with van der Waals surface area (Å²) >= 11 is 3.46. The van der Waals surface area contributed by atoms with Gasteiger partial charge in [0.2, 0.25) is 0 Å². The molecule has 2 aromatic rings. The first-order chi connectivity index (χ1) is 8.99. The third-order valence-corrected chi connectivity index (χ3v) is 3.66. The van der Waals surface area contributed by atoms with Crippen LogP contribution >= 0.6 is 15.9 Å². The molecule has 1 N–H and O–H groups in total. The molecule has 1 unspecified atom stereocenters. The zero-order valence-electron chi connectivity index (χ0n) is 10.5. The quantitative estimate of drug-likeness (QED) is 0.934. The van der Waals surface area contributed by atoms with Crippen molar-refractivity contribution in [3.63, 3.8) is 0 Å². The SMILES string of the molecule is Cc1ccc(-c2nnnn2C(C)CC(=O)O)cc1Br. The maximum Gasteiger partial charge on any atom is 0.305 e.